The van der Waals surface area contributed by atoms with Gasteiger partial charge in [-0.1, -0.05) is 111 Å². The topological polar surface area (TPSA) is 30.9 Å². The van der Waals surface area contributed by atoms with Crippen LogP contribution in [0.2, 0.25) is 0 Å². The Bertz CT molecular complexity index is 948. The number of ether oxygens (including phenoxy) is 3. The number of unbranched alkanes of at least 4 members (excludes halogenated alkanes) is 7. The Labute approximate surface area is 305 Å². The first-order valence-electron chi connectivity index (χ1n) is 21.7. The van der Waals surface area contributed by atoms with Crippen molar-refractivity contribution in [3.63, 3.8) is 0 Å². The molecule has 0 radical (unpaired) electrons. The van der Waals surface area contributed by atoms with E-state index in [0.717, 1.165) is 68.5 Å². The highest BCUT2D eigenvalue weighted by Crippen LogP contribution is 2.67. The molecule has 3 fully saturated rings. The van der Waals surface area contributed by atoms with Crippen LogP contribution in [0.4, 0.5) is 0 Å². The summed E-state index contributed by atoms with van der Waals surface area (Å²) >= 11 is 0. The second-order valence-corrected chi connectivity index (χ2v) is 18.6. The maximum Gasteiger partial charge on any atom is 0.0644 e. The van der Waals surface area contributed by atoms with Crippen LogP contribution in [0.25, 0.3) is 0 Å². The lowest BCUT2D eigenvalue weighted by Crippen LogP contribution is -2.51. The molecular formula is C45H83NO3. The van der Waals surface area contributed by atoms with Gasteiger partial charge in [0.25, 0.3) is 0 Å². The maximum atomic E-state index is 6.56. The molecule has 286 valence electrons. The van der Waals surface area contributed by atoms with Crippen molar-refractivity contribution in [2.75, 3.05) is 47.1 Å². The average Bonchev–Trinajstić information content (AvgIpc) is 3.43. The van der Waals surface area contributed by atoms with Crippen LogP contribution in [-0.2, 0) is 14.2 Å². The van der Waals surface area contributed by atoms with Gasteiger partial charge in [0, 0.05) is 19.8 Å². The van der Waals surface area contributed by atoms with Gasteiger partial charge < -0.3 is 19.1 Å². The van der Waals surface area contributed by atoms with Gasteiger partial charge in [0.15, 0.2) is 0 Å². The van der Waals surface area contributed by atoms with Crippen molar-refractivity contribution in [2.24, 2.45) is 46.3 Å². The van der Waals surface area contributed by atoms with Gasteiger partial charge in [-0.05, 0) is 131 Å². The number of likely N-dealkylation sites (N-methyl/N-ethyl adjacent to an activating group) is 1. The highest BCUT2D eigenvalue weighted by atomic mass is 16.5. The molecule has 0 heterocycles. The quantitative estimate of drug-likeness (QED) is 0.0747. The minimum absolute atomic E-state index is 0.354. The molecule has 9 atom stereocenters. The molecule has 4 aliphatic rings. The summed E-state index contributed by atoms with van der Waals surface area (Å²) in [4.78, 5) is 2.24. The van der Waals surface area contributed by atoms with Crippen LogP contribution in [0.5, 0.6) is 0 Å². The van der Waals surface area contributed by atoms with Crippen LogP contribution in [0.15, 0.2) is 11.6 Å². The zero-order valence-electron chi connectivity index (χ0n) is 34.0. The second-order valence-electron chi connectivity index (χ2n) is 18.6. The Kier molecular flexibility index (Phi) is 17.5. The summed E-state index contributed by atoms with van der Waals surface area (Å²) in [5, 5.41) is 0. The summed E-state index contributed by atoms with van der Waals surface area (Å²) in [5.74, 6) is 5.51. The van der Waals surface area contributed by atoms with Crippen molar-refractivity contribution in [1.82, 2.24) is 4.90 Å². The summed E-state index contributed by atoms with van der Waals surface area (Å²) in [6, 6.07) is 0.354. The summed E-state index contributed by atoms with van der Waals surface area (Å²) in [5.41, 5.74) is 2.81. The predicted octanol–water partition coefficient (Wildman–Crippen LogP) is 11.9. The third-order valence-electron chi connectivity index (χ3n) is 14.5. The molecule has 0 spiro atoms. The number of hydrogen-bond acceptors (Lipinski definition) is 4. The van der Waals surface area contributed by atoms with Gasteiger partial charge in [-0.15, -0.1) is 0 Å². The van der Waals surface area contributed by atoms with E-state index in [-0.39, 0.29) is 0 Å². The van der Waals surface area contributed by atoms with Crippen molar-refractivity contribution >= 4 is 0 Å². The highest BCUT2D eigenvalue weighted by molar-refractivity contribution is 5.25. The molecule has 4 nitrogen and oxygen atoms in total. The highest BCUT2D eigenvalue weighted by Gasteiger charge is 2.59. The molecule has 0 aliphatic heterocycles. The third kappa shape index (κ3) is 11.5. The number of hydrogen-bond donors (Lipinski definition) is 0. The largest absolute Gasteiger partial charge is 0.380 e. The SMILES string of the molecule is CCCCCOC[C@H](COCCCCCCCCO[C@H]1CC[C@@]2(C)C(=CCC3C2CC[C@@]2(C)C3CC[C@@H]2[C@H](C)CCCC(C)C)C1)N(C)C. The van der Waals surface area contributed by atoms with E-state index in [4.69, 9.17) is 14.2 Å². The fraction of sp³-hybridized carbons (Fsp3) is 0.956. The smallest absolute Gasteiger partial charge is 0.0644 e. The summed E-state index contributed by atoms with van der Waals surface area (Å²) in [7, 11) is 4.26. The first-order valence-corrected chi connectivity index (χ1v) is 21.7. The van der Waals surface area contributed by atoms with Gasteiger partial charge >= 0.3 is 0 Å². The molecule has 3 saturated carbocycles. The molecule has 49 heavy (non-hydrogen) atoms. The molecule has 3 unspecified atom stereocenters. The van der Waals surface area contributed by atoms with Crippen molar-refractivity contribution in [2.45, 2.75) is 182 Å². The van der Waals surface area contributed by atoms with E-state index in [1.54, 1.807) is 5.57 Å². The van der Waals surface area contributed by atoms with E-state index in [2.05, 4.69) is 66.6 Å². The lowest BCUT2D eigenvalue weighted by molar-refractivity contribution is -0.0641. The zero-order chi connectivity index (χ0) is 35.3. The molecular weight excluding hydrogens is 602 g/mol. The van der Waals surface area contributed by atoms with E-state index in [9.17, 15) is 0 Å². The molecule has 0 bridgehead atoms. The lowest BCUT2D eigenvalue weighted by Gasteiger charge is -2.58. The number of allylic oxidation sites excluding steroid dienone is 1. The molecule has 4 rings (SSSR count). The molecule has 0 saturated heterocycles. The molecule has 0 aromatic carbocycles. The van der Waals surface area contributed by atoms with Gasteiger partial charge in [-0.25, -0.2) is 0 Å². The molecule has 4 aliphatic carbocycles. The van der Waals surface area contributed by atoms with Crippen LogP contribution in [0.3, 0.4) is 0 Å². The van der Waals surface area contributed by atoms with Crippen LogP contribution < -0.4 is 0 Å². The van der Waals surface area contributed by atoms with Crippen LogP contribution >= 0.6 is 0 Å². The first-order chi connectivity index (χ1) is 23.6. The van der Waals surface area contributed by atoms with Gasteiger partial charge in [0.1, 0.15) is 0 Å². The van der Waals surface area contributed by atoms with E-state index in [1.807, 2.05) is 0 Å². The van der Waals surface area contributed by atoms with Gasteiger partial charge in [0.05, 0.1) is 25.4 Å². The first kappa shape index (κ1) is 41.3. The standard InChI is InChI=1S/C45H83NO3/c1-9-10-15-29-47-33-38(46(7)8)34-48-30-16-13-11-12-14-17-31-49-39-25-27-44(5)37(32-39)21-22-40-42-24-23-41(36(4)20-18-19-35(2)3)45(42,6)28-26-43(40)44/h21,35-36,38-43H,9-20,22-34H2,1-8H3/t36-,38-,39+,40?,41-,42?,43?,44+,45-/m1/s1. The predicted molar refractivity (Wildman–Crippen MR) is 209 cm³/mol. The minimum Gasteiger partial charge on any atom is -0.380 e. The Morgan fingerprint density at radius 3 is 2.10 bits per heavy atom. The number of rotatable bonds is 24. The Morgan fingerprint density at radius 2 is 1.43 bits per heavy atom. The normalized spacial score (nSPS) is 32.5. The molecule has 0 aromatic rings. The molecule has 0 aromatic heterocycles. The van der Waals surface area contributed by atoms with Gasteiger partial charge in [-0.3, -0.25) is 0 Å². The third-order valence-corrected chi connectivity index (χ3v) is 14.5. The van der Waals surface area contributed by atoms with Crippen molar-refractivity contribution < 1.29 is 14.2 Å². The molecule has 0 amide bonds. The van der Waals surface area contributed by atoms with E-state index < -0.39 is 0 Å². The number of fused-ring (bicyclic) bond motifs is 5. The maximum absolute atomic E-state index is 6.56. The van der Waals surface area contributed by atoms with E-state index in [0.29, 0.717) is 23.0 Å². The molecule has 0 N–H and O–H groups in total. The zero-order valence-corrected chi connectivity index (χ0v) is 34.0. The average molecular weight is 686 g/mol. The monoisotopic (exact) mass is 686 g/mol. The van der Waals surface area contributed by atoms with Crippen molar-refractivity contribution in [3.05, 3.63) is 11.6 Å². The lowest BCUT2D eigenvalue weighted by atomic mass is 9.47. The van der Waals surface area contributed by atoms with Crippen molar-refractivity contribution in [1.29, 1.82) is 0 Å². The second kappa shape index (κ2) is 20.7. The molecule has 4 heteroatoms. The number of nitrogens with zero attached hydrogens (tertiary/aromatic N) is 1. The fourth-order valence-corrected chi connectivity index (χ4v) is 11.3. The summed E-state index contributed by atoms with van der Waals surface area (Å²) < 4.78 is 18.5. The van der Waals surface area contributed by atoms with Crippen LogP contribution in [-0.4, -0.2) is 64.2 Å². The van der Waals surface area contributed by atoms with Crippen LogP contribution in [0, 0.1) is 46.3 Å². The summed E-state index contributed by atoms with van der Waals surface area (Å²) in [6.07, 6.45) is 29.9. The van der Waals surface area contributed by atoms with E-state index >= 15 is 0 Å². The summed E-state index contributed by atoms with van der Waals surface area (Å²) in [6.45, 7) is 19.3. The fourth-order valence-electron chi connectivity index (χ4n) is 11.3. The Balaban J connectivity index is 1.08. The Hall–Kier alpha value is -0.420. The van der Waals surface area contributed by atoms with E-state index in [1.165, 1.54) is 128 Å². The minimum atomic E-state index is 0.354. The van der Waals surface area contributed by atoms with Gasteiger partial charge in [-0.2, -0.15) is 0 Å². The van der Waals surface area contributed by atoms with Crippen LogP contribution in [0.1, 0.15) is 170 Å². The Morgan fingerprint density at radius 1 is 0.755 bits per heavy atom. The van der Waals surface area contributed by atoms with Crippen molar-refractivity contribution in [3.8, 4) is 0 Å². The van der Waals surface area contributed by atoms with Gasteiger partial charge in [0.2, 0.25) is 0 Å².